The minimum Gasteiger partial charge on any atom is -0.467 e. The molecule has 0 aliphatic rings. The van der Waals surface area contributed by atoms with Crippen molar-refractivity contribution in [1.82, 2.24) is 15.1 Å². The molecule has 0 fully saturated rings. The predicted molar refractivity (Wildman–Crippen MR) is 66.8 cm³/mol. The van der Waals surface area contributed by atoms with Crippen molar-refractivity contribution < 1.29 is 9.21 Å². The lowest BCUT2D eigenvalue weighted by atomic mass is 10.3. The molecule has 6 nitrogen and oxygen atoms in total. The van der Waals surface area contributed by atoms with Crippen LogP contribution in [0.4, 0.5) is 5.69 Å². The summed E-state index contributed by atoms with van der Waals surface area (Å²) in [5, 5.41) is 9.88. The Balaban J connectivity index is 1.81. The van der Waals surface area contributed by atoms with Crippen molar-refractivity contribution in [3.8, 4) is 0 Å². The third-order valence-electron chi connectivity index (χ3n) is 2.50. The summed E-state index contributed by atoms with van der Waals surface area (Å²) in [6.07, 6.45) is 5.07. The fraction of sp³-hybridized carbons (Fsp3) is 0.333. The molecule has 0 aliphatic carbocycles. The Labute approximate surface area is 105 Å². The number of amides is 1. The van der Waals surface area contributed by atoms with Crippen LogP contribution in [0.3, 0.4) is 0 Å². The summed E-state index contributed by atoms with van der Waals surface area (Å²) in [7, 11) is 1.83. The van der Waals surface area contributed by atoms with Crippen LogP contribution in [0.1, 0.15) is 12.7 Å². The first kappa shape index (κ1) is 12.2. The molecule has 0 radical (unpaired) electrons. The quantitative estimate of drug-likeness (QED) is 0.832. The number of carbonyl (C=O) groups excluding carboxylic acids is 1. The number of aromatic nitrogens is 2. The number of furan rings is 1. The van der Waals surface area contributed by atoms with Gasteiger partial charge in [0.25, 0.3) is 0 Å². The van der Waals surface area contributed by atoms with Gasteiger partial charge in [-0.25, -0.2) is 0 Å². The van der Waals surface area contributed by atoms with E-state index in [1.54, 1.807) is 30.1 Å². The molecule has 2 rings (SSSR count). The molecule has 1 unspecified atom stereocenters. The second-order valence-corrected chi connectivity index (χ2v) is 4.07. The molecule has 0 aliphatic heterocycles. The number of carbonyl (C=O) groups is 1. The number of nitrogens with zero attached hydrogens (tertiary/aromatic N) is 2. The maximum Gasteiger partial charge on any atom is 0.242 e. The molecule has 1 amide bonds. The average Bonchev–Trinajstić information content (AvgIpc) is 2.97. The topological polar surface area (TPSA) is 72.1 Å². The molecule has 0 saturated carbocycles. The van der Waals surface area contributed by atoms with Crippen LogP contribution in [-0.4, -0.2) is 21.7 Å². The molecule has 2 N–H and O–H groups in total. The minimum atomic E-state index is -0.329. The van der Waals surface area contributed by atoms with Crippen molar-refractivity contribution in [3.05, 3.63) is 36.5 Å². The normalized spacial score (nSPS) is 12.1. The second-order valence-electron chi connectivity index (χ2n) is 4.07. The van der Waals surface area contributed by atoms with Gasteiger partial charge in [0, 0.05) is 13.2 Å². The van der Waals surface area contributed by atoms with Gasteiger partial charge in [-0.1, -0.05) is 0 Å². The highest BCUT2D eigenvalue weighted by Crippen LogP contribution is 2.06. The van der Waals surface area contributed by atoms with Crippen LogP contribution in [0.25, 0.3) is 0 Å². The van der Waals surface area contributed by atoms with Gasteiger partial charge in [-0.05, 0) is 19.1 Å². The molecule has 6 heteroatoms. The van der Waals surface area contributed by atoms with E-state index in [-0.39, 0.29) is 11.9 Å². The highest BCUT2D eigenvalue weighted by atomic mass is 16.3. The predicted octanol–water partition coefficient (Wildman–Crippen LogP) is 1.13. The standard InChI is InChI=1S/C12H16N4O2/c1-9(15-10-6-14-16(2)8-10)12(17)13-7-11-4-3-5-18-11/h3-6,8-9,15H,7H2,1-2H3,(H,13,17). The van der Waals surface area contributed by atoms with Crippen LogP contribution in [0, 0.1) is 0 Å². The van der Waals surface area contributed by atoms with E-state index < -0.39 is 0 Å². The molecule has 2 aromatic rings. The van der Waals surface area contributed by atoms with Crippen molar-refractivity contribution in [2.45, 2.75) is 19.5 Å². The maximum absolute atomic E-state index is 11.8. The van der Waals surface area contributed by atoms with E-state index in [0.717, 1.165) is 11.4 Å². The number of rotatable bonds is 5. The largest absolute Gasteiger partial charge is 0.467 e. The lowest BCUT2D eigenvalue weighted by Gasteiger charge is -2.13. The molecule has 0 spiro atoms. The first-order valence-corrected chi connectivity index (χ1v) is 5.70. The van der Waals surface area contributed by atoms with Crippen LogP contribution in [0.5, 0.6) is 0 Å². The Hall–Kier alpha value is -2.24. The third kappa shape index (κ3) is 3.13. The van der Waals surface area contributed by atoms with Gasteiger partial charge in [0.15, 0.2) is 0 Å². The zero-order valence-corrected chi connectivity index (χ0v) is 10.4. The zero-order chi connectivity index (χ0) is 13.0. The molecule has 1 atom stereocenters. The number of aryl methyl sites for hydroxylation is 1. The minimum absolute atomic E-state index is 0.0877. The number of hydrogen-bond acceptors (Lipinski definition) is 4. The maximum atomic E-state index is 11.8. The van der Waals surface area contributed by atoms with E-state index in [1.807, 2.05) is 19.3 Å². The molecule has 0 bridgehead atoms. The summed E-state index contributed by atoms with van der Waals surface area (Å²) in [5.41, 5.74) is 0.818. The lowest BCUT2D eigenvalue weighted by molar-refractivity contribution is -0.121. The van der Waals surface area contributed by atoms with E-state index in [0.29, 0.717) is 6.54 Å². The first-order chi connectivity index (χ1) is 8.65. The van der Waals surface area contributed by atoms with Gasteiger partial charge in [0.1, 0.15) is 11.8 Å². The number of anilines is 1. The molecule has 18 heavy (non-hydrogen) atoms. The Morgan fingerprint density at radius 3 is 3.06 bits per heavy atom. The fourth-order valence-corrected chi connectivity index (χ4v) is 1.55. The van der Waals surface area contributed by atoms with Gasteiger partial charge in [0.05, 0.1) is 24.7 Å². The molecular formula is C12H16N4O2. The van der Waals surface area contributed by atoms with Crippen molar-refractivity contribution in [1.29, 1.82) is 0 Å². The Morgan fingerprint density at radius 1 is 1.61 bits per heavy atom. The highest BCUT2D eigenvalue weighted by Gasteiger charge is 2.13. The van der Waals surface area contributed by atoms with Crippen molar-refractivity contribution in [2.75, 3.05) is 5.32 Å². The Bertz CT molecular complexity index is 504. The van der Waals surface area contributed by atoms with Gasteiger partial charge in [-0.3, -0.25) is 9.48 Å². The molecular weight excluding hydrogens is 232 g/mol. The van der Waals surface area contributed by atoms with Crippen molar-refractivity contribution >= 4 is 11.6 Å². The van der Waals surface area contributed by atoms with E-state index in [4.69, 9.17) is 4.42 Å². The van der Waals surface area contributed by atoms with E-state index >= 15 is 0 Å². The SMILES string of the molecule is CC(Nc1cnn(C)c1)C(=O)NCc1ccco1. The van der Waals surface area contributed by atoms with Crippen LogP contribution in [0.2, 0.25) is 0 Å². The van der Waals surface area contributed by atoms with Gasteiger partial charge in [0.2, 0.25) is 5.91 Å². The smallest absolute Gasteiger partial charge is 0.242 e. The molecule has 96 valence electrons. The van der Waals surface area contributed by atoms with E-state index in [2.05, 4.69) is 15.7 Å². The van der Waals surface area contributed by atoms with Gasteiger partial charge in [-0.2, -0.15) is 5.10 Å². The third-order valence-corrected chi connectivity index (χ3v) is 2.50. The van der Waals surface area contributed by atoms with Crippen molar-refractivity contribution in [2.24, 2.45) is 7.05 Å². The summed E-state index contributed by atoms with van der Waals surface area (Å²) in [4.78, 5) is 11.8. The summed E-state index contributed by atoms with van der Waals surface area (Å²) in [6.45, 7) is 2.19. The average molecular weight is 248 g/mol. The second kappa shape index (κ2) is 5.39. The summed E-state index contributed by atoms with van der Waals surface area (Å²) >= 11 is 0. The molecule has 0 saturated heterocycles. The molecule has 2 aromatic heterocycles. The fourth-order valence-electron chi connectivity index (χ4n) is 1.55. The van der Waals surface area contributed by atoms with Gasteiger partial charge >= 0.3 is 0 Å². The van der Waals surface area contributed by atoms with E-state index in [9.17, 15) is 4.79 Å². The van der Waals surface area contributed by atoms with Crippen LogP contribution in [0.15, 0.2) is 35.2 Å². The molecule has 2 heterocycles. The number of nitrogens with one attached hydrogen (secondary N) is 2. The van der Waals surface area contributed by atoms with Gasteiger partial charge in [-0.15, -0.1) is 0 Å². The van der Waals surface area contributed by atoms with E-state index in [1.165, 1.54) is 0 Å². The highest BCUT2D eigenvalue weighted by molar-refractivity contribution is 5.83. The monoisotopic (exact) mass is 248 g/mol. The van der Waals surface area contributed by atoms with Gasteiger partial charge < -0.3 is 15.1 Å². The summed E-state index contributed by atoms with van der Waals surface area (Å²) < 4.78 is 6.81. The lowest BCUT2D eigenvalue weighted by Crippen LogP contribution is -2.37. The van der Waals surface area contributed by atoms with Crippen molar-refractivity contribution in [3.63, 3.8) is 0 Å². The van der Waals surface area contributed by atoms with Crippen LogP contribution < -0.4 is 10.6 Å². The number of hydrogen-bond donors (Lipinski definition) is 2. The Morgan fingerprint density at radius 2 is 2.44 bits per heavy atom. The molecule has 0 aromatic carbocycles. The summed E-state index contributed by atoms with van der Waals surface area (Å²) in [6, 6.07) is 3.28. The Kier molecular flexibility index (Phi) is 3.66. The zero-order valence-electron chi connectivity index (χ0n) is 10.4. The van der Waals surface area contributed by atoms with Crippen LogP contribution >= 0.6 is 0 Å². The van der Waals surface area contributed by atoms with Crippen LogP contribution in [-0.2, 0) is 18.4 Å². The summed E-state index contributed by atoms with van der Waals surface area (Å²) in [5.74, 6) is 0.646. The first-order valence-electron chi connectivity index (χ1n) is 5.70.